The first kappa shape index (κ1) is 14.2. The number of para-hydroxylation sites is 1. The summed E-state index contributed by atoms with van der Waals surface area (Å²) in [5, 5.41) is 10.3. The zero-order chi connectivity index (χ0) is 15.2. The minimum absolute atomic E-state index is 0.0328. The lowest BCUT2D eigenvalue weighted by Crippen LogP contribution is -2.31. The van der Waals surface area contributed by atoms with E-state index in [0.717, 1.165) is 37.9 Å². The van der Waals surface area contributed by atoms with Crippen LogP contribution in [0.2, 0.25) is 0 Å². The second-order valence-corrected chi connectivity index (χ2v) is 7.78. The quantitative estimate of drug-likeness (QED) is 0.914. The summed E-state index contributed by atoms with van der Waals surface area (Å²) < 4.78 is 1.25. The number of benzene rings is 1. The fourth-order valence-electron chi connectivity index (χ4n) is 3.65. The number of carboxylic acids is 1. The van der Waals surface area contributed by atoms with E-state index >= 15 is 0 Å². The molecule has 1 saturated carbocycles. The van der Waals surface area contributed by atoms with Crippen molar-refractivity contribution in [2.75, 3.05) is 13.1 Å². The number of hydrogen-bond acceptors (Lipinski definition) is 4. The van der Waals surface area contributed by atoms with Gasteiger partial charge in [0.25, 0.3) is 0 Å². The third-order valence-corrected chi connectivity index (χ3v) is 6.12. The van der Waals surface area contributed by atoms with Crippen LogP contribution in [0.15, 0.2) is 24.3 Å². The topological polar surface area (TPSA) is 53.4 Å². The molecule has 1 aliphatic heterocycles. The highest BCUT2D eigenvalue weighted by Gasteiger charge is 2.47. The average molecular weight is 316 g/mol. The van der Waals surface area contributed by atoms with Crippen molar-refractivity contribution in [2.45, 2.75) is 38.1 Å². The molecule has 0 spiro atoms. The lowest BCUT2D eigenvalue weighted by atomic mass is 10.0. The Balaban J connectivity index is 1.54. The lowest BCUT2D eigenvalue weighted by molar-refractivity contribution is -0.138. The van der Waals surface area contributed by atoms with Crippen LogP contribution in [0.25, 0.3) is 10.2 Å². The van der Waals surface area contributed by atoms with Crippen LogP contribution in [-0.2, 0) is 4.79 Å². The minimum Gasteiger partial charge on any atom is -0.481 e. The number of thiazole rings is 1. The van der Waals surface area contributed by atoms with Crippen LogP contribution in [0.3, 0.4) is 0 Å². The summed E-state index contributed by atoms with van der Waals surface area (Å²) in [7, 11) is 0. The van der Waals surface area contributed by atoms with E-state index in [9.17, 15) is 4.79 Å². The van der Waals surface area contributed by atoms with Crippen LogP contribution in [0.5, 0.6) is 0 Å². The zero-order valence-corrected chi connectivity index (χ0v) is 13.3. The molecule has 22 heavy (non-hydrogen) atoms. The average Bonchev–Trinajstić information content (AvgIpc) is 2.91. The van der Waals surface area contributed by atoms with Crippen molar-refractivity contribution in [3.8, 4) is 0 Å². The van der Waals surface area contributed by atoms with Crippen molar-refractivity contribution in [1.82, 2.24) is 9.88 Å². The van der Waals surface area contributed by atoms with Crippen LogP contribution in [0.4, 0.5) is 0 Å². The molecule has 1 aromatic carbocycles. The summed E-state index contributed by atoms with van der Waals surface area (Å²) in [6.45, 7) is 1.99. The van der Waals surface area contributed by atoms with Gasteiger partial charge < -0.3 is 5.11 Å². The molecule has 0 bridgehead atoms. The van der Waals surface area contributed by atoms with E-state index in [-0.39, 0.29) is 5.41 Å². The molecule has 1 N–H and O–H groups in total. The van der Waals surface area contributed by atoms with Gasteiger partial charge in [-0.05, 0) is 49.8 Å². The highest BCUT2D eigenvalue weighted by molar-refractivity contribution is 7.18. The predicted molar refractivity (Wildman–Crippen MR) is 87.1 cm³/mol. The molecule has 4 rings (SSSR count). The zero-order valence-electron chi connectivity index (χ0n) is 12.5. The molecule has 1 atom stereocenters. The van der Waals surface area contributed by atoms with E-state index in [4.69, 9.17) is 10.1 Å². The summed E-state index contributed by atoms with van der Waals surface area (Å²) in [5.74, 6) is -0.659. The van der Waals surface area contributed by atoms with Gasteiger partial charge in [-0.3, -0.25) is 9.69 Å². The molecule has 2 fully saturated rings. The number of fused-ring (bicyclic) bond motifs is 1. The van der Waals surface area contributed by atoms with Gasteiger partial charge in [-0.2, -0.15) is 0 Å². The fourth-order valence-corrected chi connectivity index (χ4v) is 4.78. The van der Waals surface area contributed by atoms with Gasteiger partial charge >= 0.3 is 5.97 Å². The molecule has 2 aliphatic rings. The first-order valence-corrected chi connectivity index (χ1v) is 8.78. The van der Waals surface area contributed by atoms with Gasteiger partial charge in [0.1, 0.15) is 5.01 Å². The van der Waals surface area contributed by atoms with E-state index in [0.29, 0.717) is 12.5 Å². The maximum atomic E-state index is 11.1. The fraction of sp³-hybridized carbons (Fsp3) is 0.529. The Hall–Kier alpha value is -1.46. The van der Waals surface area contributed by atoms with Gasteiger partial charge in [0, 0.05) is 6.54 Å². The molecule has 2 heterocycles. The van der Waals surface area contributed by atoms with Crippen molar-refractivity contribution >= 4 is 27.5 Å². The maximum Gasteiger partial charge on any atom is 0.303 e. The van der Waals surface area contributed by atoms with Crippen molar-refractivity contribution in [2.24, 2.45) is 5.41 Å². The summed E-state index contributed by atoms with van der Waals surface area (Å²) in [5.41, 5.74) is 1.12. The molecule has 0 radical (unpaired) electrons. The van der Waals surface area contributed by atoms with Crippen LogP contribution in [0.1, 0.15) is 43.2 Å². The monoisotopic (exact) mass is 316 g/mol. The Morgan fingerprint density at radius 2 is 2.23 bits per heavy atom. The van der Waals surface area contributed by atoms with E-state index in [1.54, 1.807) is 11.3 Å². The Kier molecular flexibility index (Phi) is 3.42. The third kappa shape index (κ3) is 2.63. The number of nitrogens with zero attached hydrogens (tertiary/aromatic N) is 2. The van der Waals surface area contributed by atoms with Crippen molar-refractivity contribution in [3.05, 3.63) is 29.3 Å². The van der Waals surface area contributed by atoms with Crippen LogP contribution in [0, 0.1) is 5.41 Å². The minimum atomic E-state index is -0.659. The Morgan fingerprint density at radius 1 is 1.41 bits per heavy atom. The Bertz CT molecular complexity index is 675. The summed E-state index contributed by atoms with van der Waals surface area (Å²) in [6, 6.07) is 8.67. The molecule has 4 nitrogen and oxygen atoms in total. The Labute approximate surface area is 133 Å². The first-order chi connectivity index (χ1) is 10.7. The number of aromatic nitrogens is 1. The molecule has 0 amide bonds. The van der Waals surface area contributed by atoms with Gasteiger partial charge in [-0.15, -0.1) is 11.3 Å². The molecule has 5 heteroatoms. The molecule has 116 valence electrons. The van der Waals surface area contributed by atoms with Gasteiger partial charge in [0.15, 0.2) is 0 Å². The normalized spacial score (nSPS) is 23.9. The van der Waals surface area contributed by atoms with E-state index in [1.807, 2.05) is 6.07 Å². The number of carbonyl (C=O) groups is 1. The molecular weight excluding hydrogens is 296 g/mol. The first-order valence-electron chi connectivity index (χ1n) is 7.97. The molecule has 2 aromatic rings. The third-order valence-electron chi connectivity index (χ3n) is 4.98. The van der Waals surface area contributed by atoms with E-state index < -0.39 is 5.97 Å². The molecule has 1 aromatic heterocycles. The largest absolute Gasteiger partial charge is 0.481 e. The van der Waals surface area contributed by atoms with Gasteiger partial charge in [-0.25, -0.2) is 4.98 Å². The predicted octanol–water partition coefficient (Wildman–Crippen LogP) is 3.69. The van der Waals surface area contributed by atoms with Crippen molar-refractivity contribution in [1.29, 1.82) is 0 Å². The summed E-state index contributed by atoms with van der Waals surface area (Å²) in [6.07, 6.45) is 4.76. The molecule has 1 unspecified atom stereocenters. The number of rotatable bonds is 5. The number of hydrogen-bond donors (Lipinski definition) is 1. The molecule has 1 aliphatic carbocycles. The van der Waals surface area contributed by atoms with Gasteiger partial charge in [-0.1, -0.05) is 12.1 Å². The van der Waals surface area contributed by atoms with E-state index in [1.165, 1.54) is 16.1 Å². The van der Waals surface area contributed by atoms with Crippen molar-refractivity contribution in [3.63, 3.8) is 0 Å². The Morgan fingerprint density at radius 3 is 2.95 bits per heavy atom. The second-order valence-electron chi connectivity index (χ2n) is 6.72. The SMILES string of the molecule is O=C(O)CC1(CN2CCCC2c2nc3ccccc3s2)CC1. The molecular formula is C17H20N2O2S. The van der Waals surface area contributed by atoms with Crippen LogP contribution in [-0.4, -0.2) is 34.0 Å². The van der Waals surface area contributed by atoms with E-state index in [2.05, 4.69) is 23.1 Å². The van der Waals surface area contributed by atoms with Gasteiger partial charge in [0.2, 0.25) is 0 Å². The smallest absolute Gasteiger partial charge is 0.303 e. The highest BCUT2D eigenvalue weighted by atomic mass is 32.1. The standard InChI is InChI=1S/C17H20N2O2S/c20-15(21)10-17(7-8-17)11-19-9-3-5-13(19)16-18-12-4-1-2-6-14(12)22-16/h1-2,4,6,13H,3,5,7-11H2,(H,20,21). The van der Waals surface area contributed by atoms with Crippen LogP contribution >= 0.6 is 11.3 Å². The second kappa shape index (κ2) is 5.32. The highest BCUT2D eigenvalue weighted by Crippen LogP contribution is 2.51. The number of likely N-dealkylation sites (tertiary alicyclic amines) is 1. The van der Waals surface area contributed by atoms with Crippen molar-refractivity contribution < 1.29 is 9.90 Å². The lowest BCUT2D eigenvalue weighted by Gasteiger charge is -2.27. The number of carboxylic acid groups (broad SMARTS) is 1. The summed E-state index contributed by atoms with van der Waals surface area (Å²) in [4.78, 5) is 18.4. The maximum absolute atomic E-state index is 11.1. The van der Waals surface area contributed by atoms with Crippen LogP contribution < -0.4 is 0 Å². The molecule has 1 saturated heterocycles. The number of aliphatic carboxylic acids is 1. The summed E-state index contributed by atoms with van der Waals surface area (Å²) >= 11 is 1.79. The van der Waals surface area contributed by atoms with Gasteiger partial charge in [0.05, 0.1) is 22.7 Å².